The van der Waals surface area contributed by atoms with Crippen LogP contribution in [0.5, 0.6) is 0 Å². The van der Waals surface area contributed by atoms with Gasteiger partial charge in [-0.1, -0.05) is 29.8 Å². The molecule has 2 saturated heterocycles. The summed E-state index contributed by atoms with van der Waals surface area (Å²) in [7, 11) is 1.72. The van der Waals surface area contributed by atoms with Gasteiger partial charge < -0.3 is 15.5 Å². The van der Waals surface area contributed by atoms with Crippen molar-refractivity contribution in [1.82, 2.24) is 20.4 Å². The Kier molecular flexibility index (Phi) is 9.47. The van der Waals surface area contributed by atoms with Crippen molar-refractivity contribution >= 4 is 23.5 Å². The highest BCUT2D eigenvalue weighted by Gasteiger charge is 2.24. The average molecular weight is 448 g/mol. The van der Waals surface area contributed by atoms with Gasteiger partial charge in [-0.2, -0.15) is 0 Å². The summed E-state index contributed by atoms with van der Waals surface area (Å²) < 4.78 is 0. The molecule has 0 atom stereocenters. The Morgan fingerprint density at radius 2 is 1.77 bits per heavy atom. The predicted molar refractivity (Wildman–Crippen MR) is 128 cm³/mol. The Bertz CT molecular complexity index is 724. The van der Waals surface area contributed by atoms with Gasteiger partial charge in [-0.05, 0) is 69.2 Å². The largest absolute Gasteiger partial charge is 0.359 e. The van der Waals surface area contributed by atoms with E-state index < -0.39 is 0 Å². The fraction of sp³-hybridized carbons (Fsp3) is 0.667. The molecule has 3 rings (SSSR count). The molecule has 172 valence electrons. The standard InChI is InChI=1S/C24H38ClN5O/c1-3-27-24(30-14-10-19(11-15-30)16-23(31)26-2)28-17-20-8-12-29(13-9-20)18-21-6-4-5-7-22(21)25/h4-7,19-20H,3,8-18H2,1-2H3,(H,26,31)(H,27,28). The number of likely N-dealkylation sites (tertiary alicyclic amines) is 2. The van der Waals surface area contributed by atoms with Crippen molar-refractivity contribution in [2.45, 2.75) is 45.6 Å². The number of halogens is 1. The summed E-state index contributed by atoms with van der Waals surface area (Å²) in [6.07, 6.45) is 5.12. The molecule has 2 aliphatic rings. The van der Waals surface area contributed by atoms with Gasteiger partial charge in [0, 0.05) is 51.2 Å². The molecule has 0 unspecified atom stereocenters. The van der Waals surface area contributed by atoms with E-state index in [9.17, 15) is 4.79 Å². The van der Waals surface area contributed by atoms with Crippen LogP contribution in [0, 0.1) is 11.8 Å². The lowest BCUT2D eigenvalue weighted by Gasteiger charge is -2.35. The van der Waals surface area contributed by atoms with E-state index in [1.54, 1.807) is 7.05 Å². The lowest BCUT2D eigenvalue weighted by Crippen LogP contribution is -2.46. The van der Waals surface area contributed by atoms with Crippen LogP contribution in [0.2, 0.25) is 5.02 Å². The second-order valence-electron chi connectivity index (χ2n) is 8.81. The van der Waals surface area contributed by atoms with Gasteiger partial charge in [0.25, 0.3) is 0 Å². The highest BCUT2D eigenvalue weighted by Crippen LogP contribution is 2.23. The Hall–Kier alpha value is -1.79. The van der Waals surface area contributed by atoms with Crippen LogP contribution in [0.15, 0.2) is 29.3 Å². The number of benzene rings is 1. The Morgan fingerprint density at radius 1 is 1.10 bits per heavy atom. The molecule has 0 spiro atoms. The minimum absolute atomic E-state index is 0.153. The molecule has 2 N–H and O–H groups in total. The molecule has 2 heterocycles. The Labute approximate surface area is 192 Å². The monoisotopic (exact) mass is 447 g/mol. The molecule has 0 radical (unpaired) electrons. The Balaban J connectivity index is 1.45. The molecule has 2 aliphatic heterocycles. The number of aliphatic imine (C=N–C) groups is 1. The molecule has 31 heavy (non-hydrogen) atoms. The molecule has 0 bridgehead atoms. The summed E-state index contributed by atoms with van der Waals surface area (Å²) >= 11 is 6.33. The second kappa shape index (κ2) is 12.3. The second-order valence-corrected chi connectivity index (χ2v) is 9.22. The minimum Gasteiger partial charge on any atom is -0.359 e. The summed E-state index contributed by atoms with van der Waals surface area (Å²) in [6.45, 7) is 8.99. The third kappa shape index (κ3) is 7.39. The molecule has 1 amide bonds. The maximum absolute atomic E-state index is 11.6. The third-order valence-corrected chi connectivity index (χ3v) is 6.93. The van der Waals surface area contributed by atoms with E-state index in [2.05, 4.69) is 39.5 Å². The first-order valence-electron chi connectivity index (χ1n) is 11.8. The quantitative estimate of drug-likeness (QED) is 0.497. The number of rotatable bonds is 7. The molecule has 0 aliphatic carbocycles. The predicted octanol–water partition coefficient (Wildman–Crippen LogP) is 3.37. The number of hydrogen-bond donors (Lipinski definition) is 2. The molecule has 0 aromatic heterocycles. The first-order chi connectivity index (χ1) is 15.1. The van der Waals surface area contributed by atoms with Crippen LogP contribution in [0.4, 0.5) is 0 Å². The summed E-state index contributed by atoms with van der Waals surface area (Å²) in [5.41, 5.74) is 1.22. The lowest BCUT2D eigenvalue weighted by atomic mass is 9.93. The minimum atomic E-state index is 0.153. The maximum atomic E-state index is 11.6. The summed E-state index contributed by atoms with van der Waals surface area (Å²) in [4.78, 5) is 21.5. The first-order valence-corrected chi connectivity index (χ1v) is 12.2. The molecule has 1 aromatic carbocycles. The Morgan fingerprint density at radius 3 is 2.42 bits per heavy atom. The number of amides is 1. The van der Waals surface area contributed by atoms with Crippen molar-refractivity contribution in [3.05, 3.63) is 34.9 Å². The van der Waals surface area contributed by atoms with Crippen molar-refractivity contribution in [1.29, 1.82) is 0 Å². The normalized spacial score (nSPS) is 19.5. The van der Waals surface area contributed by atoms with Gasteiger partial charge in [0.15, 0.2) is 5.96 Å². The molecular weight excluding hydrogens is 410 g/mol. The van der Waals surface area contributed by atoms with Gasteiger partial charge in [0.05, 0.1) is 0 Å². The molecule has 7 heteroatoms. The van der Waals surface area contributed by atoms with Crippen LogP contribution in [-0.2, 0) is 11.3 Å². The van der Waals surface area contributed by atoms with Crippen LogP contribution in [0.25, 0.3) is 0 Å². The van der Waals surface area contributed by atoms with E-state index in [4.69, 9.17) is 16.6 Å². The zero-order chi connectivity index (χ0) is 22.1. The van der Waals surface area contributed by atoms with Crippen molar-refractivity contribution in [2.24, 2.45) is 16.8 Å². The number of nitrogens with one attached hydrogen (secondary N) is 2. The number of piperidine rings is 2. The summed E-state index contributed by atoms with van der Waals surface area (Å²) in [5.74, 6) is 2.32. The lowest BCUT2D eigenvalue weighted by molar-refractivity contribution is -0.121. The van der Waals surface area contributed by atoms with Gasteiger partial charge in [0.2, 0.25) is 5.91 Å². The molecular formula is C24H38ClN5O. The third-order valence-electron chi connectivity index (χ3n) is 6.56. The van der Waals surface area contributed by atoms with Crippen molar-refractivity contribution in [3.8, 4) is 0 Å². The van der Waals surface area contributed by atoms with E-state index in [0.717, 1.165) is 69.6 Å². The number of carbonyl (C=O) groups excluding carboxylic acids is 1. The fourth-order valence-electron chi connectivity index (χ4n) is 4.55. The van der Waals surface area contributed by atoms with Crippen molar-refractivity contribution in [2.75, 3.05) is 46.3 Å². The van der Waals surface area contributed by atoms with Gasteiger partial charge in [0.1, 0.15) is 0 Å². The van der Waals surface area contributed by atoms with Crippen LogP contribution in [-0.4, -0.2) is 68.0 Å². The SMILES string of the molecule is CCNC(=NCC1CCN(Cc2ccccc2Cl)CC1)N1CCC(CC(=O)NC)CC1. The zero-order valence-corrected chi connectivity index (χ0v) is 19.8. The summed E-state index contributed by atoms with van der Waals surface area (Å²) in [5, 5.41) is 7.09. The van der Waals surface area contributed by atoms with Crippen molar-refractivity contribution < 1.29 is 4.79 Å². The zero-order valence-electron chi connectivity index (χ0n) is 19.1. The van der Waals surface area contributed by atoms with Crippen LogP contribution >= 0.6 is 11.6 Å². The van der Waals surface area contributed by atoms with E-state index in [-0.39, 0.29) is 5.91 Å². The highest BCUT2D eigenvalue weighted by molar-refractivity contribution is 6.31. The molecule has 2 fully saturated rings. The number of hydrogen-bond acceptors (Lipinski definition) is 3. The smallest absolute Gasteiger partial charge is 0.220 e. The highest BCUT2D eigenvalue weighted by atomic mass is 35.5. The number of carbonyl (C=O) groups is 1. The van der Waals surface area contributed by atoms with Crippen LogP contribution < -0.4 is 10.6 Å². The number of guanidine groups is 1. The summed E-state index contributed by atoms with van der Waals surface area (Å²) in [6, 6.07) is 8.15. The maximum Gasteiger partial charge on any atom is 0.220 e. The number of nitrogens with zero attached hydrogens (tertiary/aromatic N) is 3. The van der Waals surface area contributed by atoms with Crippen molar-refractivity contribution in [3.63, 3.8) is 0 Å². The van der Waals surface area contributed by atoms with Crippen LogP contribution in [0.3, 0.4) is 0 Å². The average Bonchev–Trinajstić information content (AvgIpc) is 2.79. The van der Waals surface area contributed by atoms with Crippen LogP contribution in [0.1, 0.15) is 44.6 Å². The van der Waals surface area contributed by atoms with Gasteiger partial charge >= 0.3 is 0 Å². The first kappa shape index (κ1) is 23.9. The van der Waals surface area contributed by atoms with Gasteiger partial charge in [-0.15, -0.1) is 0 Å². The fourth-order valence-corrected chi connectivity index (χ4v) is 4.74. The molecule has 1 aromatic rings. The van der Waals surface area contributed by atoms with E-state index in [0.29, 0.717) is 18.3 Å². The van der Waals surface area contributed by atoms with E-state index >= 15 is 0 Å². The van der Waals surface area contributed by atoms with E-state index in [1.807, 2.05) is 12.1 Å². The van der Waals surface area contributed by atoms with E-state index in [1.165, 1.54) is 18.4 Å². The molecule has 0 saturated carbocycles. The van der Waals surface area contributed by atoms with Gasteiger partial charge in [-0.25, -0.2) is 0 Å². The van der Waals surface area contributed by atoms with Gasteiger partial charge in [-0.3, -0.25) is 14.7 Å². The topological polar surface area (TPSA) is 60.0 Å². The molecule has 6 nitrogen and oxygen atoms in total.